The van der Waals surface area contributed by atoms with Gasteiger partial charge in [-0.2, -0.15) is 10.5 Å². The lowest BCUT2D eigenvalue weighted by atomic mass is 9.34. The maximum atomic E-state index is 10.3. The number of rotatable bonds is 2. The molecule has 0 aliphatic carbocycles. The smallest absolute Gasteiger partial charge is 0.252 e. The van der Waals surface area contributed by atoms with Crippen molar-refractivity contribution in [2.75, 3.05) is 0 Å². The zero-order chi connectivity index (χ0) is 44.3. The fourth-order valence-electron chi connectivity index (χ4n) is 11.8. The maximum Gasteiger partial charge on any atom is 0.252 e. The van der Waals surface area contributed by atoms with Crippen molar-refractivity contribution < 1.29 is 0 Å². The fourth-order valence-corrected chi connectivity index (χ4v) is 11.8. The highest BCUT2D eigenvalue weighted by molar-refractivity contribution is 7.00. The molecule has 9 aromatic carbocycles. The molecule has 4 nitrogen and oxygen atoms in total. The van der Waals surface area contributed by atoms with Crippen LogP contribution in [0.1, 0.15) is 63.8 Å². The fraction of sp³-hybridized carbons (Fsp3) is 0.133. The van der Waals surface area contributed by atoms with Gasteiger partial charge in [0.25, 0.3) is 6.71 Å². The van der Waals surface area contributed by atoms with Crippen LogP contribution < -0.4 is 16.4 Å². The largest absolute Gasteiger partial charge is 0.310 e. The number of hydrogen-bond acceptors (Lipinski definition) is 2. The Labute approximate surface area is 378 Å². The average molecular weight is 831 g/mol. The first-order valence-electron chi connectivity index (χ1n) is 22.7. The number of fused-ring (bicyclic) bond motifs is 14. The molecular formula is C60H43BN4. The van der Waals surface area contributed by atoms with Gasteiger partial charge >= 0.3 is 0 Å². The number of nitriles is 2. The van der Waals surface area contributed by atoms with Crippen LogP contribution in [0.15, 0.2) is 152 Å². The molecule has 65 heavy (non-hydrogen) atoms. The zero-order valence-electron chi connectivity index (χ0n) is 37.3. The van der Waals surface area contributed by atoms with Crippen molar-refractivity contribution in [2.45, 2.75) is 52.4 Å². The van der Waals surface area contributed by atoms with Crippen molar-refractivity contribution in [3.8, 4) is 45.8 Å². The maximum absolute atomic E-state index is 10.3. The van der Waals surface area contributed by atoms with Gasteiger partial charge in [0.2, 0.25) is 0 Å². The molecular weight excluding hydrogens is 787 g/mol. The van der Waals surface area contributed by atoms with Gasteiger partial charge in [0.05, 0.1) is 45.3 Å². The summed E-state index contributed by atoms with van der Waals surface area (Å²) in [5.74, 6) is 0. The van der Waals surface area contributed by atoms with Gasteiger partial charge in [-0.3, -0.25) is 0 Å². The number of nitrogens with zero attached hydrogens (tertiary/aromatic N) is 4. The number of benzene rings is 9. The van der Waals surface area contributed by atoms with Gasteiger partial charge in [-0.15, -0.1) is 0 Å². The van der Waals surface area contributed by atoms with E-state index in [2.05, 4.69) is 202 Å². The van der Waals surface area contributed by atoms with Crippen LogP contribution >= 0.6 is 0 Å². The molecule has 0 saturated carbocycles. The minimum Gasteiger partial charge on any atom is -0.310 e. The molecule has 0 spiro atoms. The van der Waals surface area contributed by atoms with Gasteiger partial charge in [-0.25, -0.2) is 0 Å². The van der Waals surface area contributed by atoms with Crippen LogP contribution in [0.4, 0.5) is 0 Å². The van der Waals surface area contributed by atoms with Crippen LogP contribution in [0.5, 0.6) is 0 Å². The SMILES string of the molecule is CC(C)(C)c1cc(-c2ccccc2)cc(C(C)(C)C)c1-c1cc2c3c(c1)-n1c4ccc(C#N)cc4c4c5ccccc5cc(c41)B3c1cc3ccccc3c3c4cc(C#N)ccc4n-2c13. The molecule has 2 aliphatic heterocycles. The summed E-state index contributed by atoms with van der Waals surface area (Å²) < 4.78 is 5.06. The van der Waals surface area contributed by atoms with Crippen LogP contribution in [0.25, 0.3) is 98.8 Å². The van der Waals surface area contributed by atoms with Gasteiger partial charge in [0.1, 0.15) is 0 Å². The second kappa shape index (κ2) is 12.9. The van der Waals surface area contributed by atoms with E-state index < -0.39 is 0 Å². The summed E-state index contributed by atoms with van der Waals surface area (Å²) in [5, 5.41) is 29.9. The third-order valence-electron chi connectivity index (χ3n) is 14.5. The summed E-state index contributed by atoms with van der Waals surface area (Å²) in [6, 6.07) is 60.5. The number of aromatic nitrogens is 2. The minimum atomic E-state index is -0.199. The molecule has 11 aromatic rings. The highest BCUT2D eigenvalue weighted by Gasteiger charge is 2.43. The molecule has 0 bridgehead atoms. The Kier molecular flexibility index (Phi) is 7.46. The average Bonchev–Trinajstić information content (AvgIpc) is 3.85. The van der Waals surface area contributed by atoms with Crippen molar-refractivity contribution >= 4 is 88.3 Å². The lowest BCUT2D eigenvalue weighted by molar-refractivity contribution is 0.572. The molecule has 13 rings (SSSR count). The second-order valence-corrected chi connectivity index (χ2v) is 20.4. The Balaban J connectivity index is 1.28. The van der Waals surface area contributed by atoms with E-state index in [0.29, 0.717) is 11.1 Å². The van der Waals surface area contributed by atoms with Crippen molar-refractivity contribution in [1.29, 1.82) is 10.5 Å². The molecule has 0 radical (unpaired) electrons. The van der Waals surface area contributed by atoms with Gasteiger partial charge < -0.3 is 9.13 Å². The second-order valence-electron chi connectivity index (χ2n) is 20.4. The lowest BCUT2D eigenvalue weighted by Gasteiger charge is -2.36. The summed E-state index contributed by atoms with van der Waals surface area (Å²) in [6.45, 7) is 14.0. The van der Waals surface area contributed by atoms with E-state index in [4.69, 9.17) is 0 Å². The first kappa shape index (κ1) is 37.7. The molecule has 0 N–H and O–H groups in total. The Bertz CT molecular complexity index is 3810. The Hall–Kier alpha value is -7.86. The van der Waals surface area contributed by atoms with Gasteiger partial charge in [0, 0.05) is 32.9 Å². The first-order chi connectivity index (χ1) is 31.4. The van der Waals surface area contributed by atoms with Gasteiger partial charge in [-0.05, 0) is 143 Å². The van der Waals surface area contributed by atoms with Crippen molar-refractivity contribution in [1.82, 2.24) is 9.13 Å². The summed E-state index contributed by atoms with van der Waals surface area (Å²) in [6.07, 6.45) is 0. The van der Waals surface area contributed by atoms with E-state index >= 15 is 0 Å². The van der Waals surface area contributed by atoms with Gasteiger partial charge in [0.15, 0.2) is 0 Å². The molecule has 0 atom stereocenters. The summed E-state index contributed by atoms with van der Waals surface area (Å²) in [7, 11) is 0. The molecule has 0 fully saturated rings. The van der Waals surface area contributed by atoms with Gasteiger partial charge in [-0.1, -0.05) is 133 Å². The van der Waals surface area contributed by atoms with E-state index in [1.165, 1.54) is 93.1 Å². The predicted octanol–water partition coefficient (Wildman–Crippen LogP) is 13.0. The Morgan fingerprint density at radius 2 is 0.908 bits per heavy atom. The molecule has 0 amide bonds. The standard InChI is InChI=1S/C60H43BN4/c1-59(2,3)45-26-39(36-14-8-7-9-15-36)27-46(60(4,5)6)53(45)40-30-51-56-52(31-40)65-50-23-21-35(33-63)25-44(50)55-42-19-13-11-17-38(42)29-48(58(55)65)61(56)47-28-37-16-10-12-18-41(37)54-43-24-34(32-62)20-22-49(43)64(51)57(47)54/h7-31H,1-6H3. The summed E-state index contributed by atoms with van der Waals surface area (Å²) >= 11 is 0. The number of hydrogen-bond donors (Lipinski definition) is 0. The van der Waals surface area contributed by atoms with Crippen molar-refractivity contribution in [3.05, 3.63) is 174 Å². The van der Waals surface area contributed by atoms with E-state index in [9.17, 15) is 10.5 Å². The lowest BCUT2D eigenvalue weighted by Crippen LogP contribution is -2.59. The highest BCUT2D eigenvalue weighted by Crippen LogP contribution is 2.48. The summed E-state index contributed by atoms with van der Waals surface area (Å²) in [4.78, 5) is 0. The monoisotopic (exact) mass is 830 g/mol. The van der Waals surface area contributed by atoms with E-state index in [-0.39, 0.29) is 17.5 Å². The van der Waals surface area contributed by atoms with Crippen LogP contribution in [0.3, 0.4) is 0 Å². The van der Waals surface area contributed by atoms with Crippen molar-refractivity contribution in [2.24, 2.45) is 0 Å². The quantitative estimate of drug-likeness (QED) is 0.163. The topological polar surface area (TPSA) is 57.4 Å². The van der Waals surface area contributed by atoms with Crippen molar-refractivity contribution in [3.63, 3.8) is 0 Å². The predicted molar refractivity (Wildman–Crippen MR) is 272 cm³/mol. The minimum absolute atomic E-state index is 0.0996. The van der Waals surface area contributed by atoms with Crippen LogP contribution in [0, 0.1) is 22.7 Å². The first-order valence-corrected chi connectivity index (χ1v) is 22.7. The van der Waals surface area contributed by atoms with Crippen LogP contribution in [0.2, 0.25) is 0 Å². The third-order valence-corrected chi connectivity index (χ3v) is 14.5. The molecule has 306 valence electrons. The molecule has 2 aliphatic rings. The normalized spacial score (nSPS) is 13.0. The van der Waals surface area contributed by atoms with E-state index in [1.54, 1.807) is 0 Å². The molecule has 5 heteroatoms. The van der Waals surface area contributed by atoms with E-state index in [1.807, 2.05) is 12.1 Å². The molecule has 0 saturated heterocycles. The molecule has 4 heterocycles. The third kappa shape index (κ3) is 5.07. The highest BCUT2D eigenvalue weighted by atomic mass is 15.0. The van der Waals surface area contributed by atoms with Crippen LogP contribution in [-0.2, 0) is 10.8 Å². The van der Waals surface area contributed by atoms with Crippen LogP contribution in [-0.4, -0.2) is 15.8 Å². The zero-order valence-corrected chi connectivity index (χ0v) is 37.3. The van der Waals surface area contributed by atoms with E-state index in [0.717, 1.165) is 33.2 Å². The Morgan fingerprint density at radius 1 is 0.446 bits per heavy atom. The Morgan fingerprint density at radius 3 is 1.37 bits per heavy atom. The summed E-state index contributed by atoms with van der Waals surface area (Å²) in [5.41, 5.74) is 19.1. The molecule has 0 unspecified atom stereocenters. The molecule has 2 aromatic heterocycles.